The van der Waals surface area contributed by atoms with Crippen LogP contribution in [0.2, 0.25) is 0 Å². The third-order valence-corrected chi connectivity index (χ3v) is 8.01. The van der Waals surface area contributed by atoms with Crippen molar-refractivity contribution in [2.24, 2.45) is 0 Å². The number of anilines is 1. The topological polar surface area (TPSA) is 60.9 Å². The maximum Gasteiger partial charge on any atom is 0.241 e. The maximum atomic E-state index is 13.7. The Kier molecular flexibility index (Phi) is 5.42. The van der Waals surface area contributed by atoms with E-state index in [1.54, 1.807) is 17.0 Å². The third kappa shape index (κ3) is 3.99. The minimum absolute atomic E-state index is 0.0420. The molecule has 0 radical (unpaired) electrons. The first-order chi connectivity index (χ1) is 14.2. The number of likely N-dealkylation sites (N-methyl/N-ethyl adjacent to an activating group) is 1. The van der Waals surface area contributed by atoms with Crippen molar-refractivity contribution in [3.8, 4) is 0 Å². The number of aryl methyl sites for hydroxylation is 1. The number of nitrogens with zero attached hydrogens (tertiary/aromatic N) is 3. The fourth-order valence-electron chi connectivity index (χ4n) is 4.32. The number of hydrogen-bond donors (Lipinski definition) is 0. The van der Waals surface area contributed by atoms with Crippen LogP contribution in [0.3, 0.4) is 0 Å². The van der Waals surface area contributed by atoms with Crippen LogP contribution in [0.4, 0.5) is 10.1 Å². The second-order valence-electron chi connectivity index (χ2n) is 8.37. The number of rotatable bonds is 4. The van der Waals surface area contributed by atoms with Crippen molar-refractivity contribution in [3.63, 3.8) is 0 Å². The molecule has 0 saturated carbocycles. The highest BCUT2D eigenvalue weighted by atomic mass is 32.2. The maximum absolute atomic E-state index is 13.7. The van der Waals surface area contributed by atoms with Gasteiger partial charge in [-0.3, -0.25) is 9.69 Å². The van der Waals surface area contributed by atoms with Crippen LogP contribution in [0.15, 0.2) is 48.5 Å². The Labute approximate surface area is 176 Å². The van der Waals surface area contributed by atoms with Gasteiger partial charge in [-0.2, -0.15) is 4.31 Å². The van der Waals surface area contributed by atoms with E-state index in [1.165, 1.54) is 16.4 Å². The molecule has 2 aliphatic rings. The third-order valence-electron chi connectivity index (χ3n) is 6.22. The second kappa shape index (κ2) is 7.76. The number of carbonyl (C=O) groups is 1. The van der Waals surface area contributed by atoms with Gasteiger partial charge in [0, 0.05) is 25.3 Å². The lowest BCUT2D eigenvalue weighted by molar-refractivity contribution is -0.123. The van der Waals surface area contributed by atoms with Crippen molar-refractivity contribution in [2.75, 3.05) is 38.1 Å². The molecule has 0 aliphatic carbocycles. The van der Waals surface area contributed by atoms with Gasteiger partial charge >= 0.3 is 0 Å². The minimum atomic E-state index is -3.48. The zero-order valence-electron chi connectivity index (χ0n) is 17.2. The molecule has 2 aliphatic heterocycles. The Bertz CT molecular complexity index is 1060. The lowest BCUT2D eigenvalue weighted by Gasteiger charge is -2.46. The number of sulfonamides is 1. The summed E-state index contributed by atoms with van der Waals surface area (Å²) in [5.41, 5.74) is 1.87. The minimum Gasteiger partial charge on any atom is -0.309 e. The van der Waals surface area contributed by atoms with Crippen molar-refractivity contribution in [2.45, 2.75) is 24.6 Å². The number of benzene rings is 2. The van der Waals surface area contributed by atoms with Crippen molar-refractivity contribution >= 4 is 21.6 Å². The van der Waals surface area contributed by atoms with Crippen LogP contribution < -0.4 is 4.90 Å². The van der Waals surface area contributed by atoms with Crippen molar-refractivity contribution < 1.29 is 17.6 Å². The highest BCUT2D eigenvalue weighted by Gasteiger charge is 2.50. The lowest BCUT2D eigenvalue weighted by Crippen LogP contribution is -2.64. The van der Waals surface area contributed by atoms with Crippen molar-refractivity contribution in [1.82, 2.24) is 9.21 Å². The van der Waals surface area contributed by atoms with E-state index in [9.17, 15) is 17.6 Å². The van der Waals surface area contributed by atoms with Crippen LogP contribution in [0.1, 0.15) is 17.5 Å². The van der Waals surface area contributed by atoms with Crippen LogP contribution in [0, 0.1) is 12.7 Å². The Balaban J connectivity index is 1.54. The molecule has 8 heteroatoms. The van der Waals surface area contributed by atoms with E-state index in [0.29, 0.717) is 31.7 Å². The smallest absolute Gasteiger partial charge is 0.241 e. The van der Waals surface area contributed by atoms with E-state index in [4.69, 9.17) is 0 Å². The molecular formula is C22H26FN3O3S. The van der Waals surface area contributed by atoms with Crippen LogP contribution in [0.25, 0.3) is 0 Å². The molecule has 2 fully saturated rings. The summed E-state index contributed by atoms with van der Waals surface area (Å²) in [4.78, 5) is 16.2. The second-order valence-corrected chi connectivity index (χ2v) is 10.3. The van der Waals surface area contributed by atoms with Crippen molar-refractivity contribution in [1.29, 1.82) is 0 Å². The van der Waals surface area contributed by atoms with Crippen LogP contribution in [0.5, 0.6) is 0 Å². The number of carbonyl (C=O) groups excluding carboxylic acids is 1. The summed E-state index contributed by atoms with van der Waals surface area (Å²) < 4.78 is 41.4. The Morgan fingerprint density at radius 3 is 2.53 bits per heavy atom. The Morgan fingerprint density at radius 1 is 1.10 bits per heavy atom. The van der Waals surface area contributed by atoms with E-state index >= 15 is 0 Å². The summed E-state index contributed by atoms with van der Waals surface area (Å²) in [5, 5.41) is 0. The summed E-state index contributed by atoms with van der Waals surface area (Å²) in [6.45, 7) is 3.19. The van der Waals surface area contributed by atoms with Gasteiger partial charge in [-0.25, -0.2) is 12.8 Å². The summed E-state index contributed by atoms with van der Waals surface area (Å²) in [5.74, 6) is -0.559. The molecule has 2 heterocycles. The fourth-order valence-corrected chi connectivity index (χ4v) is 5.92. The monoisotopic (exact) mass is 431 g/mol. The summed E-state index contributed by atoms with van der Waals surface area (Å²) in [6.07, 6.45) is 0.621. The zero-order valence-corrected chi connectivity index (χ0v) is 18.0. The van der Waals surface area contributed by atoms with Crippen LogP contribution in [-0.4, -0.2) is 62.3 Å². The Morgan fingerprint density at radius 2 is 1.83 bits per heavy atom. The van der Waals surface area contributed by atoms with Gasteiger partial charge in [-0.05, 0) is 44.2 Å². The highest BCUT2D eigenvalue weighted by molar-refractivity contribution is 7.88. The van der Waals surface area contributed by atoms with Gasteiger partial charge < -0.3 is 4.90 Å². The van der Waals surface area contributed by atoms with E-state index < -0.39 is 21.4 Å². The SMILES string of the molecule is Cc1ccc(CS(=O)(=O)N2CCC3(CN(c4cccc(F)c4)C(=O)CN3C)C2)cc1. The summed E-state index contributed by atoms with van der Waals surface area (Å²) in [7, 11) is -1.63. The van der Waals surface area contributed by atoms with Gasteiger partial charge in [0.1, 0.15) is 5.82 Å². The summed E-state index contributed by atoms with van der Waals surface area (Å²) in [6, 6.07) is 13.5. The zero-order chi connectivity index (χ0) is 21.5. The molecule has 160 valence electrons. The van der Waals surface area contributed by atoms with Crippen molar-refractivity contribution in [3.05, 3.63) is 65.5 Å². The normalized spacial score (nSPS) is 23.4. The molecule has 0 bridgehead atoms. The predicted octanol–water partition coefficient (Wildman–Crippen LogP) is 2.39. The fraction of sp³-hybridized carbons (Fsp3) is 0.409. The first kappa shape index (κ1) is 21.0. The van der Waals surface area contributed by atoms with E-state index in [-0.39, 0.29) is 18.2 Å². The van der Waals surface area contributed by atoms with Gasteiger partial charge in [-0.15, -0.1) is 0 Å². The van der Waals surface area contributed by atoms with E-state index in [0.717, 1.165) is 11.1 Å². The molecule has 0 aromatic heterocycles. The molecule has 1 amide bonds. The average molecular weight is 432 g/mol. The molecule has 2 aromatic rings. The van der Waals surface area contributed by atoms with Gasteiger partial charge in [0.15, 0.2) is 0 Å². The largest absolute Gasteiger partial charge is 0.309 e. The number of halogens is 1. The molecular weight excluding hydrogens is 405 g/mol. The molecule has 1 spiro atoms. The molecule has 2 aromatic carbocycles. The molecule has 30 heavy (non-hydrogen) atoms. The van der Waals surface area contributed by atoms with Gasteiger partial charge in [0.2, 0.25) is 15.9 Å². The van der Waals surface area contributed by atoms with E-state index in [2.05, 4.69) is 0 Å². The van der Waals surface area contributed by atoms with Crippen LogP contribution in [-0.2, 0) is 20.6 Å². The number of amides is 1. The number of hydrogen-bond acceptors (Lipinski definition) is 4. The standard InChI is InChI=1S/C22H26FN3O3S/c1-17-6-8-18(9-7-17)14-30(28,29)25-11-10-22(15-25)16-26(21(27)13-24(22)2)20-5-3-4-19(23)12-20/h3-9,12H,10-11,13-16H2,1-2H3. The molecule has 6 nitrogen and oxygen atoms in total. The van der Waals surface area contributed by atoms with Gasteiger partial charge in [0.05, 0.1) is 17.8 Å². The molecule has 1 atom stereocenters. The van der Waals surface area contributed by atoms with Gasteiger partial charge in [0.25, 0.3) is 0 Å². The highest BCUT2D eigenvalue weighted by Crippen LogP contribution is 2.35. The first-order valence-electron chi connectivity index (χ1n) is 9.99. The predicted molar refractivity (Wildman–Crippen MR) is 114 cm³/mol. The first-order valence-corrected chi connectivity index (χ1v) is 11.6. The molecule has 0 N–H and O–H groups in total. The molecule has 2 saturated heterocycles. The average Bonchev–Trinajstić information content (AvgIpc) is 3.13. The lowest BCUT2D eigenvalue weighted by atomic mass is 9.92. The summed E-state index contributed by atoms with van der Waals surface area (Å²) >= 11 is 0. The van der Waals surface area contributed by atoms with Gasteiger partial charge in [-0.1, -0.05) is 35.9 Å². The quantitative estimate of drug-likeness (QED) is 0.746. The molecule has 1 unspecified atom stereocenters. The number of piperazine rings is 1. The molecule has 4 rings (SSSR count). The van der Waals surface area contributed by atoms with Crippen LogP contribution >= 0.6 is 0 Å². The Hall–Kier alpha value is -2.29. The van der Waals surface area contributed by atoms with E-state index in [1.807, 2.05) is 43.1 Å².